The Bertz CT molecular complexity index is 506. The van der Waals surface area contributed by atoms with Gasteiger partial charge in [-0.3, -0.25) is 0 Å². The summed E-state index contributed by atoms with van der Waals surface area (Å²) in [7, 11) is 0. The van der Waals surface area contributed by atoms with Crippen LogP contribution in [-0.2, 0) is 0 Å². The van der Waals surface area contributed by atoms with Crippen molar-refractivity contribution in [2.75, 3.05) is 5.73 Å². The van der Waals surface area contributed by atoms with Gasteiger partial charge in [-0.1, -0.05) is 11.6 Å². The molecule has 84 valence electrons. The lowest BCUT2D eigenvalue weighted by molar-refractivity contribution is 0.519. The van der Waals surface area contributed by atoms with Crippen LogP contribution in [0.1, 0.15) is 19.9 Å². The lowest BCUT2D eigenvalue weighted by atomic mass is 10.2. The Hall–Kier alpha value is -1.62. The maximum atomic E-state index is 5.86. The third-order valence-electron chi connectivity index (χ3n) is 2.24. The zero-order valence-corrected chi connectivity index (χ0v) is 9.81. The maximum absolute atomic E-state index is 5.86. The van der Waals surface area contributed by atoms with Crippen molar-refractivity contribution in [3.8, 4) is 11.4 Å². The molecule has 0 saturated carbocycles. The zero-order valence-electron chi connectivity index (χ0n) is 9.05. The van der Waals surface area contributed by atoms with Crippen molar-refractivity contribution in [3.05, 3.63) is 23.2 Å². The molecule has 0 aliphatic rings. The molecule has 2 N–H and O–H groups in total. The maximum Gasteiger partial charge on any atom is 0.182 e. The number of nitrogen functional groups attached to an aromatic ring is 1. The fraction of sp³-hybridized carbons (Fsp3) is 0.300. The molecule has 0 aliphatic carbocycles. The molecule has 2 aromatic rings. The minimum atomic E-state index is 0.196. The van der Waals surface area contributed by atoms with E-state index in [1.807, 2.05) is 19.9 Å². The van der Waals surface area contributed by atoms with E-state index in [2.05, 4.69) is 15.5 Å². The van der Waals surface area contributed by atoms with Gasteiger partial charge >= 0.3 is 0 Å². The second-order valence-corrected chi connectivity index (χ2v) is 4.18. The number of aromatic nitrogens is 4. The van der Waals surface area contributed by atoms with Crippen molar-refractivity contribution in [2.45, 2.75) is 19.9 Å². The summed E-state index contributed by atoms with van der Waals surface area (Å²) in [5.41, 5.74) is 7.13. The molecular weight excluding hydrogens is 226 g/mol. The van der Waals surface area contributed by atoms with Crippen LogP contribution in [0, 0.1) is 0 Å². The summed E-state index contributed by atoms with van der Waals surface area (Å²) in [5.74, 6) is 0.693. The molecule has 0 radical (unpaired) electrons. The molecule has 0 aliphatic heterocycles. The van der Waals surface area contributed by atoms with Gasteiger partial charge in [-0.25, -0.2) is 4.68 Å². The highest BCUT2D eigenvalue weighted by Gasteiger charge is 2.12. The molecule has 5 nitrogen and oxygen atoms in total. The third-order valence-corrected chi connectivity index (χ3v) is 2.58. The minimum Gasteiger partial charge on any atom is -0.398 e. The first-order valence-electron chi connectivity index (χ1n) is 4.93. The van der Waals surface area contributed by atoms with E-state index in [0.29, 0.717) is 16.5 Å². The van der Waals surface area contributed by atoms with Gasteiger partial charge < -0.3 is 5.73 Å². The van der Waals surface area contributed by atoms with E-state index < -0.39 is 0 Å². The van der Waals surface area contributed by atoms with Gasteiger partial charge in [-0.05, 0) is 42.5 Å². The zero-order chi connectivity index (χ0) is 11.7. The Morgan fingerprint density at radius 2 is 2.12 bits per heavy atom. The summed E-state index contributed by atoms with van der Waals surface area (Å²) in [5, 5.41) is 12.1. The number of benzene rings is 1. The summed E-state index contributed by atoms with van der Waals surface area (Å²) >= 11 is 5.86. The van der Waals surface area contributed by atoms with Gasteiger partial charge in [-0.15, -0.1) is 5.10 Å². The van der Waals surface area contributed by atoms with Crippen molar-refractivity contribution in [2.24, 2.45) is 0 Å². The minimum absolute atomic E-state index is 0.196. The Balaban J connectivity index is 2.50. The van der Waals surface area contributed by atoms with Crippen LogP contribution in [0.15, 0.2) is 18.2 Å². The number of rotatable bonds is 2. The normalized spacial score (nSPS) is 11.0. The fourth-order valence-electron chi connectivity index (χ4n) is 1.41. The molecule has 16 heavy (non-hydrogen) atoms. The highest BCUT2D eigenvalue weighted by molar-refractivity contribution is 6.33. The molecule has 2 rings (SSSR count). The van der Waals surface area contributed by atoms with Gasteiger partial charge in [0, 0.05) is 5.56 Å². The van der Waals surface area contributed by atoms with E-state index >= 15 is 0 Å². The monoisotopic (exact) mass is 237 g/mol. The van der Waals surface area contributed by atoms with Crippen LogP contribution in [0.3, 0.4) is 0 Å². The molecule has 0 bridgehead atoms. The van der Waals surface area contributed by atoms with Crippen LogP contribution in [0.25, 0.3) is 11.4 Å². The van der Waals surface area contributed by atoms with Gasteiger partial charge in [0.05, 0.1) is 16.8 Å². The summed E-state index contributed by atoms with van der Waals surface area (Å²) in [6.45, 7) is 4.03. The molecule has 0 amide bonds. The van der Waals surface area contributed by atoms with Gasteiger partial charge in [0.15, 0.2) is 5.82 Å². The number of halogens is 1. The summed E-state index contributed by atoms with van der Waals surface area (Å²) in [6, 6.07) is 5.56. The standard InChI is InChI=1S/C10H12ClN5/c1-6(2)16-10(13-14-15-16)7-3-4-8(11)9(12)5-7/h3-6H,12H2,1-2H3. The molecule has 0 atom stereocenters. The number of hydrogen-bond donors (Lipinski definition) is 1. The van der Waals surface area contributed by atoms with Crippen LogP contribution >= 0.6 is 11.6 Å². The van der Waals surface area contributed by atoms with Crippen LogP contribution in [0.4, 0.5) is 5.69 Å². The lowest BCUT2D eigenvalue weighted by Gasteiger charge is -2.08. The summed E-state index contributed by atoms with van der Waals surface area (Å²) in [6.07, 6.45) is 0. The second-order valence-electron chi connectivity index (χ2n) is 3.78. The number of hydrogen-bond acceptors (Lipinski definition) is 4. The molecule has 1 heterocycles. The van der Waals surface area contributed by atoms with Crippen molar-refractivity contribution in [3.63, 3.8) is 0 Å². The van der Waals surface area contributed by atoms with Gasteiger partial charge in [0.2, 0.25) is 0 Å². The molecule has 0 spiro atoms. The van der Waals surface area contributed by atoms with Crippen molar-refractivity contribution in [1.82, 2.24) is 20.2 Å². The van der Waals surface area contributed by atoms with Crippen LogP contribution < -0.4 is 5.73 Å². The van der Waals surface area contributed by atoms with Crippen LogP contribution in [0.5, 0.6) is 0 Å². The highest BCUT2D eigenvalue weighted by Crippen LogP contribution is 2.26. The van der Waals surface area contributed by atoms with E-state index in [1.165, 1.54) is 0 Å². The Labute approximate surface area is 98.2 Å². The quantitative estimate of drug-likeness (QED) is 0.813. The molecule has 0 unspecified atom stereocenters. The van der Waals surface area contributed by atoms with E-state index in [0.717, 1.165) is 5.56 Å². The van der Waals surface area contributed by atoms with Gasteiger partial charge in [0.1, 0.15) is 0 Å². The summed E-state index contributed by atoms with van der Waals surface area (Å²) < 4.78 is 1.74. The van der Waals surface area contributed by atoms with Gasteiger partial charge in [0.25, 0.3) is 0 Å². The lowest BCUT2D eigenvalue weighted by Crippen LogP contribution is -2.05. The summed E-state index contributed by atoms with van der Waals surface area (Å²) in [4.78, 5) is 0. The largest absolute Gasteiger partial charge is 0.398 e. The predicted octanol–water partition coefficient (Wildman–Crippen LogP) is 2.16. The van der Waals surface area contributed by atoms with Crippen molar-refractivity contribution >= 4 is 17.3 Å². The molecule has 1 aromatic heterocycles. The predicted molar refractivity (Wildman–Crippen MR) is 63.1 cm³/mol. The van der Waals surface area contributed by atoms with Crippen molar-refractivity contribution < 1.29 is 0 Å². The Morgan fingerprint density at radius 3 is 2.75 bits per heavy atom. The van der Waals surface area contributed by atoms with Crippen LogP contribution in [0.2, 0.25) is 5.02 Å². The van der Waals surface area contributed by atoms with Gasteiger partial charge in [-0.2, -0.15) is 0 Å². The molecule has 0 saturated heterocycles. The fourth-order valence-corrected chi connectivity index (χ4v) is 1.53. The molecule has 1 aromatic carbocycles. The Morgan fingerprint density at radius 1 is 1.38 bits per heavy atom. The number of nitrogens with two attached hydrogens (primary N) is 1. The topological polar surface area (TPSA) is 69.6 Å². The van der Waals surface area contributed by atoms with Crippen molar-refractivity contribution in [1.29, 1.82) is 0 Å². The molecule has 6 heteroatoms. The molecule has 0 fully saturated rings. The number of anilines is 1. The average molecular weight is 238 g/mol. The number of tetrazole rings is 1. The highest BCUT2D eigenvalue weighted by atomic mass is 35.5. The first-order valence-corrected chi connectivity index (χ1v) is 5.30. The first-order chi connectivity index (χ1) is 7.59. The SMILES string of the molecule is CC(C)n1nnnc1-c1ccc(Cl)c(N)c1. The van der Waals surface area contributed by atoms with E-state index in [1.54, 1.807) is 16.8 Å². The van der Waals surface area contributed by atoms with E-state index in [-0.39, 0.29) is 6.04 Å². The Kier molecular flexibility index (Phi) is 2.78. The number of nitrogens with zero attached hydrogens (tertiary/aromatic N) is 4. The van der Waals surface area contributed by atoms with E-state index in [9.17, 15) is 0 Å². The average Bonchev–Trinajstić information content (AvgIpc) is 2.71. The second kappa shape index (κ2) is 4.09. The van der Waals surface area contributed by atoms with E-state index in [4.69, 9.17) is 17.3 Å². The molecular formula is C10H12ClN5. The third kappa shape index (κ3) is 1.86. The first kappa shape index (κ1) is 10.9. The van der Waals surface area contributed by atoms with Crippen LogP contribution in [-0.4, -0.2) is 20.2 Å². The smallest absolute Gasteiger partial charge is 0.182 e.